The predicted molar refractivity (Wildman–Crippen MR) is 61.9 cm³/mol. The molecule has 0 aliphatic carbocycles. The van der Waals surface area contributed by atoms with Gasteiger partial charge in [0.15, 0.2) is 0 Å². The molecular formula is C9H12FN3O4S. The minimum Gasteiger partial charge on any atom is -0.329 e. The summed E-state index contributed by atoms with van der Waals surface area (Å²) in [6.45, 7) is 1.61. The fourth-order valence-electron chi connectivity index (χ4n) is 1.18. The third kappa shape index (κ3) is 3.22. The highest BCUT2D eigenvalue weighted by Gasteiger charge is 2.22. The molecule has 1 atom stereocenters. The summed E-state index contributed by atoms with van der Waals surface area (Å²) in [7, 11) is -3.95. The Morgan fingerprint density at radius 2 is 2.17 bits per heavy atom. The van der Waals surface area contributed by atoms with Gasteiger partial charge in [0, 0.05) is 18.7 Å². The van der Waals surface area contributed by atoms with E-state index in [1.807, 2.05) is 0 Å². The average molecular weight is 277 g/mol. The second-order valence-corrected chi connectivity index (χ2v) is 5.34. The van der Waals surface area contributed by atoms with Crippen molar-refractivity contribution >= 4 is 15.7 Å². The number of hydrogen-bond donors (Lipinski definition) is 2. The van der Waals surface area contributed by atoms with Gasteiger partial charge in [-0.1, -0.05) is 0 Å². The molecular weight excluding hydrogens is 265 g/mol. The normalized spacial score (nSPS) is 13.3. The topological polar surface area (TPSA) is 115 Å². The molecule has 0 saturated heterocycles. The van der Waals surface area contributed by atoms with Gasteiger partial charge >= 0.3 is 5.69 Å². The van der Waals surface area contributed by atoms with Crippen LogP contribution < -0.4 is 10.5 Å². The molecule has 1 aromatic rings. The lowest BCUT2D eigenvalue weighted by Gasteiger charge is -2.11. The molecule has 18 heavy (non-hydrogen) atoms. The zero-order valence-corrected chi connectivity index (χ0v) is 10.3. The van der Waals surface area contributed by atoms with Crippen LogP contribution in [0.1, 0.15) is 6.92 Å². The van der Waals surface area contributed by atoms with E-state index in [4.69, 9.17) is 5.73 Å². The number of nitrogens with two attached hydrogens (primary N) is 1. The van der Waals surface area contributed by atoms with Crippen LogP contribution in [0.5, 0.6) is 0 Å². The molecule has 0 spiro atoms. The molecule has 9 heteroatoms. The SMILES string of the molecule is C[C@H](CN)NS(=O)(=O)c1ccc(F)c([N+](=O)[O-])c1. The number of nitro groups is 1. The zero-order chi connectivity index (χ0) is 13.9. The molecule has 0 saturated carbocycles. The minimum atomic E-state index is -3.95. The quantitative estimate of drug-likeness (QED) is 0.595. The maximum Gasteiger partial charge on any atom is 0.306 e. The van der Waals surface area contributed by atoms with Crippen LogP contribution in [-0.4, -0.2) is 25.9 Å². The van der Waals surface area contributed by atoms with Crippen molar-refractivity contribution < 1.29 is 17.7 Å². The molecule has 100 valence electrons. The number of nitrogens with one attached hydrogen (secondary N) is 1. The minimum absolute atomic E-state index is 0.0719. The van der Waals surface area contributed by atoms with Gasteiger partial charge in [0.25, 0.3) is 0 Å². The highest BCUT2D eigenvalue weighted by atomic mass is 32.2. The average Bonchev–Trinajstić information content (AvgIpc) is 2.28. The van der Waals surface area contributed by atoms with Crippen LogP contribution in [0.4, 0.5) is 10.1 Å². The van der Waals surface area contributed by atoms with Crippen molar-refractivity contribution in [2.24, 2.45) is 5.73 Å². The summed E-state index contributed by atoms with van der Waals surface area (Å²) in [6, 6.07) is 1.83. The molecule has 7 nitrogen and oxygen atoms in total. The number of nitro benzene ring substituents is 1. The molecule has 0 amide bonds. The fraction of sp³-hybridized carbons (Fsp3) is 0.333. The molecule has 0 bridgehead atoms. The van der Waals surface area contributed by atoms with E-state index in [-0.39, 0.29) is 11.4 Å². The van der Waals surface area contributed by atoms with Crippen LogP contribution in [0, 0.1) is 15.9 Å². The first-order valence-electron chi connectivity index (χ1n) is 4.94. The van der Waals surface area contributed by atoms with Crippen LogP contribution in [0.15, 0.2) is 23.1 Å². The molecule has 0 aliphatic rings. The lowest BCUT2D eigenvalue weighted by Crippen LogP contribution is -2.37. The van der Waals surface area contributed by atoms with Gasteiger partial charge in [-0.2, -0.15) is 4.39 Å². The summed E-state index contributed by atoms with van der Waals surface area (Å²) >= 11 is 0. The van der Waals surface area contributed by atoms with Crippen LogP contribution in [0.2, 0.25) is 0 Å². The Labute approximate surface area is 103 Å². The van der Waals surface area contributed by atoms with Crippen molar-refractivity contribution in [1.29, 1.82) is 0 Å². The summed E-state index contributed by atoms with van der Waals surface area (Å²) < 4.78 is 38.8. The molecule has 1 aromatic carbocycles. The molecule has 0 aliphatic heterocycles. The Balaban J connectivity index is 3.18. The van der Waals surface area contributed by atoms with E-state index < -0.39 is 32.5 Å². The number of halogens is 1. The van der Waals surface area contributed by atoms with E-state index in [9.17, 15) is 22.9 Å². The molecule has 1 rings (SSSR count). The Bertz CT molecular complexity index is 561. The van der Waals surface area contributed by atoms with Gasteiger partial charge in [0.05, 0.1) is 9.82 Å². The predicted octanol–water partition coefficient (Wildman–Crippen LogP) is 0.359. The monoisotopic (exact) mass is 277 g/mol. The molecule has 0 aromatic heterocycles. The van der Waals surface area contributed by atoms with E-state index in [0.717, 1.165) is 12.1 Å². The third-order valence-electron chi connectivity index (χ3n) is 2.13. The van der Waals surface area contributed by atoms with Crippen molar-refractivity contribution in [3.63, 3.8) is 0 Å². The number of rotatable bonds is 5. The Morgan fingerprint density at radius 1 is 1.56 bits per heavy atom. The molecule has 0 unspecified atom stereocenters. The van der Waals surface area contributed by atoms with Gasteiger partial charge in [0.2, 0.25) is 15.8 Å². The number of hydrogen-bond acceptors (Lipinski definition) is 5. The summed E-state index contributed by atoms with van der Waals surface area (Å²) in [5.74, 6) is -1.09. The van der Waals surface area contributed by atoms with Gasteiger partial charge in [-0.3, -0.25) is 10.1 Å². The van der Waals surface area contributed by atoms with E-state index in [2.05, 4.69) is 4.72 Å². The molecule has 0 fully saturated rings. The standard InChI is InChI=1S/C9H12FN3O4S/c1-6(5-11)12-18(16,17)7-2-3-8(10)9(4-7)13(14)15/h2-4,6,12H,5,11H2,1H3/t6-/m1/s1. The van der Waals surface area contributed by atoms with Crippen molar-refractivity contribution in [3.05, 3.63) is 34.1 Å². The van der Waals surface area contributed by atoms with Crippen molar-refractivity contribution in [1.82, 2.24) is 4.72 Å². The summed E-state index contributed by atoms with van der Waals surface area (Å²) in [5, 5.41) is 10.5. The van der Waals surface area contributed by atoms with Crippen molar-refractivity contribution in [2.45, 2.75) is 17.9 Å². The number of benzene rings is 1. The third-order valence-corrected chi connectivity index (χ3v) is 3.72. The van der Waals surface area contributed by atoms with E-state index in [1.165, 1.54) is 6.92 Å². The van der Waals surface area contributed by atoms with Crippen LogP contribution in [0.3, 0.4) is 0 Å². The van der Waals surface area contributed by atoms with Crippen molar-refractivity contribution in [3.8, 4) is 0 Å². The molecule has 0 radical (unpaired) electrons. The van der Waals surface area contributed by atoms with E-state index in [1.54, 1.807) is 0 Å². The fourth-order valence-corrected chi connectivity index (χ4v) is 2.46. The molecule has 3 N–H and O–H groups in total. The van der Waals surface area contributed by atoms with Crippen molar-refractivity contribution in [2.75, 3.05) is 6.54 Å². The first-order chi connectivity index (χ1) is 8.27. The van der Waals surface area contributed by atoms with Gasteiger partial charge in [0.1, 0.15) is 0 Å². The zero-order valence-electron chi connectivity index (χ0n) is 9.46. The van der Waals surface area contributed by atoms with Crippen LogP contribution in [0.25, 0.3) is 0 Å². The first-order valence-corrected chi connectivity index (χ1v) is 6.42. The Hall–Kier alpha value is -1.58. The first kappa shape index (κ1) is 14.5. The Morgan fingerprint density at radius 3 is 2.67 bits per heavy atom. The largest absolute Gasteiger partial charge is 0.329 e. The Kier molecular flexibility index (Phi) is 4.33. The highest BCUT2D eigenvalue weighted by Crippen LogP contribution is 2.21. The van der Waals surface area contributed by atoms with Crippen LogP contribution in [-0.2, 0) is 10.0 Å². The summed E-state index contributed by atoms with van der Waals surface area (Å²) in [6.07, 6.45) is 0. The van der Waals surface area contributed by atoms with Gasteiger partial charge < -0.3 is 5.73 Å². The summed E-state index contributed by atoms with van der Waals surface area (Å²) in [4.78, 5) is 9.15. The number of nitrogens with zero attached hydrogens (tertiary/aromatic N) is 1. The second-order valence-electron chi connectivity index (χ2n) is 3.63. The van der Waals surface area contributed by atoms with Gasteiger partial charge in [-0.15, -0.1) is 0 Å². The van der Waals surface area contributed by atoms with Gasteiger partial charge in [-0.05, 0) is 19.1 Å². The second kappa shape index (κ2) is 5.38. The molecule has 0 heterocycles. The maximum absolute atomic E-state index is 13.1. The van der Waals surface area contributed by atoms with E-state index >= 15 is 0 Å². The maximum atomic E-state index is 13.1. The highest BCUT2D eigenvalue weighted by molar-refractivity contribution is 7.89. The summed E-state index contributed by atoms with van der Waals surface area (Å²) in [5.41, 5.74) is 4.37. The van der Waals surface area contributed by atoms with E-state index in [0.29, 0.717) is 6.07 Å². The number of sulfonamides is 1. The lowest BCUT2D eigenvalue weighted by atomic mass is 10.3. The van der Waals surface area contributed by atoms with Crippen LogP contribution >= 0.6 is 0 Å². The lowest BCUT2D eigenvalue weighted by molar-refractivity contribution is -0.387. The van der Waals surface area contributed by atoms with Gasteiger partial charge in [-0.25, -0.2) is 13.1 Å². The smallest absolute Gasteiger partial charge is 0.306 e.